The molecule has 7 heteroatoms. The number of carbonyl (C=O) groups excluding carboxylic acids is 2. The second-order valence-electron chi connectivity index (χ2n) is 9.53. The Morgan fingerprint density at radius 3 is 2.29 bits per heavy atom. The monoisotopic (exact) mass is 462 g/mol. The maximum Gasteiger partial charge on any atom is 0.407 e. The van der Waals surface area contributed by atoms with Crippen molar-refractivity contribution in [1.82, 2.24) is 10.2 Å². The smallest absolute Gasteiger partial charge is 0.407 e. The van der Waals surface area contributed by atoms with Gasteiger partial charge in [-0.15, -0.1) is 0 Å². The molecule has 3 aliphatic rings. The van der Waals surface area contributed by atoms with Crippen LogP contribution in [0.5, 0.6) is 0 Å². The quantitative estimate of drug-likeness (QED) is 0.676. The highest BCUT2D eigenvalue weighted by Crippen LogP contribution is 2.44. The predicted octanol–water partition coefficient (Wildman–Crippen LogP) is 4.02. The minimum atomic E-state index is -0.933. The van der Waals surface area contributed by atoms with Gasteiger partial charge >= 0.3 is 12.1 Å². The molecule has 0 unspecified atom stereocenters. The van der Waals surface area contributed by atoms with Crippen LogP contribution in [0.1, 0.15) is 49.1 Å². The molecule has 2 aromatic rings. The average Bonchev–Trinajstić information content (AvgIpc) is 3.59. The van der Waals surface area contributed by atoms with Crippen molar-refractivity contribution in [2.45, 2.75) is 44.1 Å². The average molecular weight is 463 g/mol. The van der Waals surface area contributed by atoms with E-state index in [0.29, 0.717) is 19.5 Å². The minimum Gasteiger partial charge on any atom is -0.480 e. The summed E-state index contributed by atoms with van der Waals surface area (Å²) in [6, 6.07) is 15.7. The topological polar surface area (TPSA) is 95.9 Å². The van der Waals surface area contributed by atoms with Crippen LogP contribution >= 0.6 is 0 Å². The SMILES string of the molecule is O=C(NC[C@@H]1CCC[C@@H]1C(=O)N1CCC[C@@H]1C(=O)O)OCC1c2ccccc2-c2ccccc21. The van der Waals surface area contributed by atoms with E-state index in [1.165, 1.54) is 16.0 Å². The molecule has 2 aromatic carbocycles. The molecule has 3 atom stereocenters. The molecule has 2 aliphatic carbocycles. The van der Waals surface area contributed by atoms with E-state index >= 15 is 0 Å². The van der Waals surface area contributed by atoms with Crippen molar-refractivity contribution in [3.8, 4) is 11.1 Å². The maximum atomic E-state index is 13.1. The summed E-state index contributed by atoms with van der Waals surface area (Å²) in [5.41, 5.74) is 4.69. The molecule has 1 saturated heterocycles. The van der Waals surface area contributed by atoms with Crippen LogP contribution in [0.4, 0.5) is 4.79 Å². The van der Waals surface area contributed by atoms with Crippen molar-refractivity contribution in [2.24, 2.45) is 11.8 Å². The molecule has 0 radical (unpaired) electrons. The van der Waals surface area contributed by atoms with E-state index < -0.39 is 18.1 Å². The zero-order valence-electron chi connectivity index (χ0n) is 19.1. The van der Waals surface area contributed by atoms with Crippen LogP contribution in [0.15, 0.2) is 48.5 Å². The molecule has 0 spiro atoms. The largest absolute Gasteiger partial charge is 0.480 e. The lowest BCUT2D eigenvalue weighted by Gasteiger charge is -2.28. The van der Waals surface area contributed by atoms with E-state index in [1.807, 2.05) is 24.3 Å². The lowest BCUT2D eigenvalue weighted by Crippen LogP contribution is -2.45. The number of aliphatic carboxylic acids is 1. The first kappa shape index (κ1) is 22.4. The number of alkyl carbamates (subject to hydrolysis) is 1. The molecule has 34 heavy (non-hydrogen) atoms. The Bertz CT molecular complexity index is 1050. The van der Waals surface area contributed by atoms with Crippen molar-refractivity contribution in [3.63, 3.8) is 0 Å². The minimum absolute atomic E-state index is 0.00192. The lowest BCUT2D eigenvalue weighted by molar-refractivity contribution is -0.150. The molecule has 2 N–H and O–H groups in total. The van der Waals surface area contributed by atoms with Gasteiger partial charge in [0.25, 0.3) is 0 Å². The van der Waals surface area contributed by atoms with E-state index in [4.69, 9.17) is 4.74 Å². The van der Waals surface area contributed by atoms with Gasteiger partial charge in [-0.05, 0) is 53.9 Å². The summed E-state index contributed by atoms with van der Waals surface area (Å²) in [4.78, 5) is 38.6. The number of carboxylic acids is 1. The molecule has 178 valence electrons. The third-order valence-corrected chi connectivity index (χ3v) is 7.65. The van der Waals surface area contributed by atoms with Gasteiger partial charge in [0, 0.05) is 24.9 Å². The summed E-state index contributed by atoms with van der Waals surface area (Å²) in [6.45, 7) is 1.11. The summed E-state index contributed by atoms with van der Waals surface area (Å²) >= 11 is 0. The van der Waals surface area contributed by atoms with E-state index in [-0.39, 0.29) is 30.3 Å². The number of rotatable bonds is 6. The van der Waals surface area contributed by atoms with Crippen LogP contribution in [0.2, 0.25) is 0 Å². The van der Waals surface area contributed by atoms with Crippen LogP contribution in [-0.2, 0) is 14.3 Å². The molecular weight excluding hydrogens is 432 g/mol. The van der Waals surface area contributed by atoms with Crippen molar-refractivity contribution in [1.29, 1.82) is 0 Å². The van der Waals surface area contributed by atoms with Crippen molar-refractivity contribution >= 4 is 18.0 Å². The highest BCUT2D eigenvalue weighted by atomic mass is 16.5. The van der Waals surface area contributed by atoms with Gasteiger partial charge in [0.05, 0.1) is 0 Å². The molecule has 5 rings (SSSR count). The number of nitrogens with zero attached hydrogens (tertiary/aromatic N) is 1. The summed E-state index contributed by atoms with van der Waals surface area (Å²) in [5, 5.41) is 12.3. The van der Waals surface area contributed by atoms with Gasteiger partial charge in [0.1, 0.15) is 12.6 Å². The predicted molar refractivity (Wildman–Crippen MR) is 126 cm³/mol. The van der Waals surface area contributed by atoms with E-state index in [1.54, 1.807) is 0 Å². The molecule has 2 fully saturated rings. The van der Waals surface area contributed by atoms with E-state index in [9.17, 15) is 19.5 Å². The summed E-state index contributed by atoms with van der Waals surface area (Å²) in [7, 11) is 0. The van der Waals surface area contributed by atoms with Crippen LogP contribution in [0.25, 0.3) is 11.1 Å². The Labute approximate surface area is 199 Å². The fraction of sp³-hybridized carbons (Fsp3) is 0.444. The summed E-state index contributed by atoms with van der Waals surface area (Å²) in [6.07, 6.45) is 3.22. The zero-order valence-corrected chi connectivity index (χ0v) is 19.1. The highest BCUT2D eigenvalue weighted by molar-refractivity contribution is 5.86. The molecule has 0 aromatic heterocycles. The Hall–Kier alpha value is -3.35. The van der Waals surface area contributed by atoms with Gasteiger partial charge in [-0.3, -0.25) is 4.79 Å². The first-order valence-corrected chi connectivity index (χ1v) is 12.2. The molecule has 1 aliphatic heterocycles. The normalized spacial score (nSPS) is 23.4. The number of benzene rings is 2. The molecule has 2 amide bonds. The van der Waals surface area contributed by atoms with Gasteiger partial charge in [-0.2, -0.15) is 0 Å². The number of fused-ring (bicyclic) bond motifs is 3. The second-order valence-corrected chi connectivity index (χ2v) is 9.53. The standard InChI is InChI=1S/C27H30N2O5/c30-25(29-14-6-13-24(29)26(31)32)18-12-5-7-17(18)15-28-27(33)34-16-23-21-10-3-1-8-19(21)20-9-2-4-11-22(20)23/h1-4,8-11,17-18,23-24H,5-7,12-16H2,(H,28,33)(H,31,32)/t17-,18-,24+/m0/s1. The van der Waals surface area contributed by atoms with E-state index in [0.717, 1.165) is 36.8 Å². The van der Waals surface area contributed by atoms with Crippen LogP contribution in [-0.4, -0.2) is 53.7 Å². The highest BCUT2D eigenvalue weighted by Gasteiger charge is 2.41. The zero-order chi connectivity index (χ0) is 23.7. The third kappa shape index (κ3) is 4.15. The van der Waals surface area contributed by atoms with Gasteiger partial charge in [0.15, 0.2) is 0 Å². The van der Waals surface area contributed by atoms with Gasteiger partial charge < -0.3 is 20.1 Å². The first-order chi connectivity index (χ1) is 16.5. The fourth-order valence-electron chi connectivity index (χ4n) is 5.97. The maximum absolute atomic E-state index is 13.1. The van der Waals surface area contributed by atoms with Crippen molar-refractivity contribution < 1.29 is 24.2 Å². The Kier molecular flexibility index (Phi) is 6.26. The molecule has 1 heterocycles. The lowest BCUT2D eigenvalue weighted by atomic mass is 9.94. The summed E-state index contributed by atoms with van der Waals surface area (Å²) < 4.78 is 5.62. The third-order valence-electron chi connectivity index (χ3n) is 7.65. The number of amides is 2. The van der Waals surface area contributed by atoms with E-state index in [2.05, 4.69) is 29.6 Å². The molecule has 1 saturated carbocycles. The first-order valence-electron chi connectivity index (χ1n) is 12.2. The number of carbonyl (C=O) groups is 3. The van der Waals surface area contributed by atoms with Gasteiger partial charge in [0.2, 0.25) is 5.91 Å². The van der Waals surface area contributed by atoms with Crippen molar-refractivity contribution in [3.05, 3.63) is 59.7 Å². The number of carboxylic acid groups (broad SMARTS) is 1. The fourth-order valence-corrected chi connectivity index (χ4v) is 5.97. The molecule has 7 nitrogen and oxygen atoms in total. The van der Waals surface area contributed by atoms with Crippen LogP contribution < -0.4 is 5.32 Å². The Morgan fingerprint density at radius 2 is 1.62 bits per heavy atom. The Balaban J connectivity index is 1.17. The Morgan fingerprint density at radius 1 is 0.941 bits per heavy atom. The summed E-state index contributed by atoms with van der Waals surface area (Å²) in [5.74, 6) is -1.25. The number of hydrogen-bond donors (Lipinski definition) is 2. The second kappa shape index (κ2) is 9.49. The number of nitrogens with one attached hydrogen (secondary N) is 1. The number of ether oxygens (including phenoxy) is 1. The molecule has 0 bridgehead atoms. The number of likely N-dealkylation sites (tertiary alicyclic amines) is 1. The van der Waals surface area contributed by atoms with Gasteiger partial charge in [-0.25, -0.2) is 9.59 Å². The molecular formula is C27H30N2O5. The van der Waals surface area contributed by atoms with Crippen LogP contribution in [0.3, 0.4) is 0 Å². The van der Waals surface area contributed by atoms with Crippen LogP contribution in [0, 0.1) is 11.8 Å². The van der Waals surface area contributed by atoms with Gasteiger partial charge in [-0.1, -0.05) is 55.0 Å². The number of hydrogen-bond acceptors (Lipinski definition) is 4. The van der Waals surface area contributed by atoms with Crippen molar-refractivity contribution in [2.75, 3.05) is 19.7 Å².